The quantitative estimate of drug-likeness (QED) is 0.367. The van der Waals surface area contributed by atoms with Gasteiger partial charge in [-0.15, -0.1) is 11.3 Å². The van der Waals surface area contributed by atoms with Crippen LogP contribution in [0, 0.1) is 0 Å². The summed E-state index contributed by atoms with van der Waals surface area (Å²) in [4.78, 5) is 23.1. The third-order valence-corrected chi connectivity index (χ3v) is 6.98. The molecule has 0 bridgehead atoms. The molecule has 1 aliphatic rings. The number of thiophene rings is 1. The molecule has 3 heterocycles. The SMILES string of the molecule is CC(=O)Nc1cccc(Oc2nc(Nc3ccc(N4CCSCC4)cc3)nc3ccsc23)c1. The van der Waals surface area contributed by atoms with Crippen molar-refractivity contribution in [3.63, 3.8) is 0 Å². The molecule has 2 aromatic heterocycles. The molecule has 168 valence electrons. The zero-order valence-corrected chi connectivity index (χ0v) is 19.7. The van der Waals surface area contributed by atoms with Gasteiger partial charge in [-0.25, -0.2) is 4.98 Å². The minimum atomic E-state index is -0.133. The Morgan fingerprint density at radius 2 is 1.85 bits per heavy atom. The van der Waals surface area contributed by atoms with E-state index < -0.39 is 0 Å². The highest BCUT2D eigenvalue weighted by Gasteiger charge is 2.14. The van der Waals surface area contributed by atoms with E-state index in [1.54, 1.807) is 6.07 Å². The van der Waals surface area contributed by atoms with Crippen molar-refractivity contribution in [3.8, 4) is 11.6 Å². The zero-order valence-electron chi connectivity index (χ0n) is 18.1. The molecule has 1 saturated heterocycles. The van der Waals surface area contributed by atoms with Crippen molar-refractivity contribution in [1.29, 1.82) is 0 Å². The van der Waals surface area contributed by atoms with E-state index in [2.05, 4.69) is 49.8 Å². The molecule has 1 aliphatic heterocycles. The molecule has 7 nitrogen and oxygen atoms in total. The number of nitrogens with zero attached hydrogens (tertiary/aromatic N) is 3. The highest BCUT2D eigenvalue weighted by Crippen LogP contribution is 2.34. The summed E-state index contributed by atoms with van der Waals surface area (Å²) < 4.78 is 6.97. The largest absolute Gasteiger partial charge is 0.437 e. The van der Waals surface area contributed by atoms with Crippen LogP contribution >= 0.6 is 23.1 Å². The Kier molecular flexibility index (Phi) is 6.32. The first-order valence-electron chi connectivity index (χ1n) is 10.6. The van der Waals surface area contributed by atoms with Crippen molar-refractivity contribution in [2.75, 3.05) is 40.1 Å². The van der Waals surface area contributed by atoms with Gasteiger partial charge >= 0.3 is 0 Å². The van der Waals surface area contributed by atoms with E-state index >= 15 is 0 Å². The molecule has 2 N–H and O–H groups in total. The Hall–Kier alpha value is -3.30. The Balaban J connectivity index is 1.37. The number of carbonyl (C=O) groups excluding carboxylic acids is 1. The van der Waals surface area contributed by atoms with Crippen LogP contribution in [0.4, 0.5) is 23.0 Å². The molecular formula is C24H23N5O2S2. The number of amides is 1. The Labute approximate surface area is 200 Å². The maximum Gasteiger partial charge on any atom is 0.242 e. The van der Waals surface area contributed by atoms with Crippen LogP contribution in [0.25, 0.3) is 10.2 Å². The maximum atomic E-state index is 11.4. The third-order valence-electron chi connectivity index (χ3n) is 5.14. The molecule has 0 saturated carbocycles. The number of carbonyl (C=O) groups is 1. The molecule has 0 aliphatic carbocycles. The minimum Gasteiger partial charge on any atom is -0.437 e. The van der Waals surface area contributed by atoms with Gasteiger partial charge in [0.05, 0.1) is 5.52 Å². The van der Waals surface area contributed by atoms with E-state index in [0.29, 0.717) is 23.3 Å². The molecular weight excluding hydrogens is 454 g/mol. The predicted octanol–water partition coefficient (Wildman–Crippen LogP) is 5.74. The molecule has 0 atom stereocenters. The van der Waals surface area contributed by atoms with Gasteiger partial charge in [-0.2, -0.15) is 16.7 Å². The van der Waals surface area contributed by atoms with E-state index in [4.69, 9.17) is 4.74 Å². The summed E-state index contributed by atoms with van der Waals surface area (Å²) in [5.41, 5.74) is 3.63. The molecule has 2 aromatic carbocycles. The van der Waals surface area contributed by atoms with Gasteiger partial charge in [-0.1, -0.05) is 6.07 Å². The fraction of sp³-hybridized carbons (Fsp3) is 0.208. The van der Waals surface area contributed by atoms with Crippen LogP contribution in [0.3, 0.4) is 0 Å². The van der Waals surface area contributed by atoms with E-state index in [0.717, 1.165) is 29.0 Å². The summed E-state index contributed by atoms with van der Waals surface area (Å²) in [5, 5.41) is 8.04. The van der Waals surface area contributed by atoms with Gasteiger partial charge in [0.1, 0.15) is 10.4 Å². The van der Waals surface area contributed by atoms with Gasteiger partial charge in [-0.05, 0) is 47.8 Å². The van der Waals surface area contributed by atoms with E-state index in [9.17, 15) is 4.79 Å². The molecule has 33 heavy (non-hydrogen) atoms. The lowest BCUT2D eigenvalue weighted by Gasteiger charge is -2.28. The van der Waals surface area contributed by atoms with Crippen molar-refractivity contribution in [2.24, 2.45) is 0 Å². The number of anilines is 4. The Morgan fingerprint density at radius 1 is 1.03 bits per heavy atom. The van der Waals surface area contributed by atoms with E-state index in [-0.39, 0.29) is 5.91 Å². The fourth-order valence-corrected chi connectivity index (χ4v) is 5.28. The number of benzene rings is 2. The molecule has 5 rings (SSSR count). The molecule has 1 fully saturated rings. The van der Waals surface area contributed by atoms with Gasteiger partial charge in [-0.3, -0.25) is 4.79 Å². The summed E-state index contributed by atoms with van der Waals surface area (Å²) >= 11 is 3.53. The molecule has 0 spiro atoms. The number of rotatable bonds is 6. The van der Waals surface area contributed by atoms with Crippen LogP contribution in [0.5, 0.6) is 11.6 Å². The highest BCUT2D eigenvalue weighted by molar-refractivity contribution is 7.99. The number of ether oxygens (including phenoxy) is 1. The topological polar surface area (TPSA) is 79.4 Å². The van der Waals surface area contributed by atoms with Crippen LogP contribution in [-0.4, -0.2) is 40.5 Å². The number of thioether (sulfide) groups is 1. The number of fused-ring (bicyclic) bond motifs is 1. The third kappa shape index (κ3) is 5.20. The monoisotopic (exact) mass is 477 g/mol. The summed E-state index contributed by atoms with van der Waals surface area (Å²) in [6.45, 7) is 3.64. The smallest absolute Gasteiger partial charge is 0.242 e. The Morgan fingerprint density at radius 3 is 2.64 bits per heavy atom. The lowest BCUT2D eigenvalue weighted by Crippen LogP contribution is -2.32. The average molecular weight is 478 g/mol. The van der Waals surface area contributed by atoms with E-state index in [1.165, 1.54) is 35.5 Å². The van der Waals surface area contributed by atoms with Crippen LogP contribution in [0.1, 0.15) is 6.92 Å². The number of hydrogen-bond acceptors (Lipinski definition) is 8. The molecule has 0 unspecified atom stereocenters. The summed E-state index contributed by atoms with van der Waals surface area (Å²) in [5.74, 6) is 3.74. The second-order valence-corrected chi connectivity index (χ2v) is 9.71. The lowest BCUT2D eigenvalue weighted by atomic mass is 10.2. The van der Waals surface area contributed by atoms with Crippen LogP contribution in [-0.2, 0) is 4.79 Å². The van der Waals surface area contributed by atoms with Gasteiger partial charge < -0.3 is 20.3 Å². The number of aromatic nitrogens is 2. The van der Waals surface area contributed by atoms with Gasteiger partial charge in [0, 0.05) is 54.6 Å². The van der Waals surface area contributed by atoms with Crippen molar-refractivity contribution >= 4 is 62.2 Å². The molecule has 9 heteroatoms. The number of hydrogen-bond donors (Lipinski definition) is 2. The average Bonchev–Trinajstić information content (AvgIpc) is 3.29. The molecule has 0 radical (unpaired) electrons. The first-order chi connectivity index (χ1) is 16.1. The van der Waals surface area contributed by atoms with E-state index in [1.807, 2.05) is 41.4 Å². The summed E-state index contributed by atoms with van der Waals surface area (Å²) in [7, 11) is 0. The van der Waals surface area contributed by atoms with Crippen LogP contribution < -0.4 is 20.3 Å². The summed E-state index contributed by atoms with van der Waals surface area (Å²) in [6.07, 6.45) is 0. The van der Waals surface area contributed by atoms with Crippen molar-refractivity contribution < 1.29 is 9.53 Å². The predicted molar refractivity (Wildman–Crippen MR) is 137 cm³/mol. The summed E-state index contributed by atoms with van der Waals surface area (Å²) in [6, 6.07) is 17.6. The van der Waals surface area contributed by atoms with Gasteiger partial charge in [0.2, 0.25) is 17.7 Å². The van der Waals surface area contributed by atoms with Gasteiger partial charge in [0.15, 0.2) is 0 Å². The molecule has 1 amide bonds. The standard InChI is InChI=1S/C24H23N5O2S2/c1-16(30)25-18-3-2-4-20(15-18)31-23-22-21(9-12-33-22)27-24(28-23)26-17-5-7-19(8-6-17)29-10-13-32-14-11-29/h2-9,12,15H,10-11,13-14H2,1H3,(H,25,30)(H,26,27,28). The van der Waals surface area contributed by atoms with Crippen molar-refractivity contribution in [3.05, 3.63) is 60.0 Å². The van der Waals surface area contributed by atoms with Crippen LogP contribution in [0.15, 0.2) is 60.0 Å². The maximum absolute atomic E-state index is 11.4. The highest BCUT2D eigenvalue weighted by atomic mass is 32.2. The van der Waals surface area contributed by atoms with Crippen LogP contribution in [0.2, 0.25) is 0 Å². The lowest BCUT2D eigenvalue weighted by molar-refractivity contribution is -0.114. The second-order valence-electron chi connectivity index (χ2n) is 7.57. The first-order valence-corrected chi connectivity index (χ1v) is 12.7. The fourth-order valence-electron chi connectivity index (χ4n) is 3.62. The zero-order chi connectivity index (χ0) is 22.6. The van der Waals surface area contributed by atoms with Crippen molar-refractivity contribution in [1.82, 2.24) is 9.97 Å². The second kappa shape index (κ2) is 9.68. The molecule has 4 aromatic rings. The Bertz CT molecular complexity index is 1270. The normalized spacial score (nSPS) is 13.7. The van der Waals surface area contributed by atoms with Crippen molar-refractivity contribution in [2.45, 2.75) is 6.92 Å². The van der Waals surface area contributed by atoms with Gasteiger partial charge in [0.25, 0.3) is 0 Å². The first kappa shape index (κ1) is 21.5. The minimum absolute atomic E-state index is 0.133. The number of nitrogens with one attached hydrogen (secondary N) is 2.